The highest BCUT2D eigenvalue weighted by molar-refractivity contribution is 5.70. The molecule has 4 heteroatoms. The predicted molar refractivity (Wildman–Crippen MR) is 62.0 cm³/mol. The molecule has 0 aromatic carbocycles. The van der Waals surface area contributed by atoms with Crippen molar-refractivity contribution in [3.8, 4) is 0 Å². The molecule has 0 rings (SSSR count). The quantitative estimate of drug-likeness (QED) is 0.364. The Morgan fingerprint density at radius 1 is 1.38 bits per heavy atom. The molecule has 0 saturated heterocycles. The third-order valence-corrected chi connectivity index (χ3v) is 2.62. The molecule has 0 bridgehead atoms. The van der Waals surface area contributed by atoms with E-state index in [1.54, 1.807) is 20.3 Å². The summed E-state index contributed by atoms with van der Waals surface area (Å²) >= 11 is 0. The summed E-state index contributed by atoms with van der Waals surface area (Å²) in [6.45, 7) is 5.70. The van der Waals surface area contributed by atoms with E-state index in [0.717, 1.165) is 0 Å². The molecule has 0 spiro atoms. The highest BCUT2D eigenvalue weighted by Crippen LogP contribution is 2.33. The van der Waals surface area contributed by atoms with E-state index in [4.69, 9.17) is 9.47 Å². The van der Waals surface area contributed by atoms with Crippen LogP contribution in [0.4, 0.5) is 0 Å². The van der Waals surface area contributed by atoms with E-state index in [-0.39, 0.29) is 17.7 Å². The molecule has 0 amide bonds. The maximum Gasteiger partial charge on any atom is 0.306 e. The van der Waals surface area contributed by atoms with Crippen molar-refractivity contribution >= 4 is 5.97 Å². The first kappa shape index (κ1) is 15.1. The Kier molecular flexibility index (Phi) is 7.01. The van der Waals surface area contributed by atoms with E-state index >= 15 is 0 Å². The highest BCUT2D eigenvalue weighted by Gasteiger charge is 2.30. The average molecular weight is 230 g/mol. The Balaban J connectivity index is 4.53. The van der Waals surface area contributed by atoms with Gasteiger partial charge in [-0.25, -0.2) is 0 Å². The predicted octanol–water partition coefficient (Wildman–Crippen LogP) is 2.14. The molecule has 0 N–H and O–H groups in total. The van der Waals surface area contributed by atoms with E-state index in [0.29, 0.717) is 19.3 Å². The van der Waals surface area contributed by atoms with Gasteiger partial charge in [0.25, 0.3) is 0 Å². The molecule has 4 nitrogen and oxygen atoms in total. The normalized spacial score (nSPS) is 14.6. The van der Waals surface area contributed by atoms with E-state index in [1.165, 1.54) is 7.11 Å². The second-order valence-corrected chi connectivity index (χ2v) is 4.16. The van der Waals surface area contributed by atoms with Crippen LogP contribution in [0.2, 0.25) is 0 Å². The summed E-state index contributed by atoms with van der Waals surface area (Å²) in [7, 11) is 4.56. The summed E-state index contributed by atoms with van der Waals surface area (Å²) in [5, 5.41) is 0. The lowest BCUT2D eigenvalue weighted by Crippen LogP contribution is -2.28. The van der Waals surface area contributed by atoms with Crippen molar-refractivity contribution in [2.75, 3.05) is 21.3 Å². The van der Waals surface area contributed by atoms with Crippen LogP contribution in [0.3, 0.4) is 0 Å². The molecular weight excluding hydrogens is 208 g/mol. The molecule has 0 aliphatic rings. The maximum atomic E-state index is 11.3. The van der Waals surface area contributed by atoms with Crippen LogP contribution in [0.5, 0.6) is 0 Å². The second kappa shape index (κ2) is 7.41. The van der Waals surface area contributed by atoms with Gasteiger partial charge in [0, 0.05) is 20.6 Å². The Labute approximate surface area is 97.6 Å². The van der Waals surface area contributed by atoms with E-state index in [1.807, 2.05) is 6.92 Å². The first-order chi connectivity index (χ1) is 7.51. The van der Waals surface area contributed by atoms with Gasteiger partial charge in [0.2, 0.25) is 0 Å². The smallest absolute Gasteiger partial charge is 0.306 e. The summed E-state index contributed by atoms with van der Waals surface area (Å²) in [5.41, 5.74) is -0.245. The summed E-state index contributed by atoms with van der Waals surface area (Å²) in [4.78, 5) is 11.3. The number of hydrogen-bond donors (Lipinski definition) is 0. The average Bonchev–Trinajstić information content (AvgIpc) is 2.26. The standard InChI is InChI=1S/C12H22O4/c1-6-7-12(2,8-10(13)14-3)9-11(15-4)16-5/h6,11H,1,7-9H2,2-5H3/t12-/m0/s1. The van der Waals surface area contributed by atoms with E-state index in [9.17, 15) is 4.79 Å². The van der Waals surface area contributed by atoms with Crippen LogP contribution < -0.4 is 0 Å². The Morgan fingerprint density at radius 2 is 1.94 bits per heavy atom. The number of methoxy groups -OCH3 is 3. The largest absolute Gasteiger partial charge is 0.469 e. The summed E-state index contributed by atoms with van der Waals surface area (Å²) in [6, 6.07) is 0. The number of hydrogen-bond acceptors (Lipinski definition) is 4. The minimum atomic E-state index is -0.311. The molecule has 0 heterocycles. The van der Waals surface area contributed by atoms with Gasteiger partial charge in [0.05, 0.1) is 13.5 Å². The second-order valence-electron chi connectivity index (χ2n) is 4.16. The summed E-state index contributed by atoms with van der Waals surface area (Å²) < 4.78 is 15.0. The molecule has 16 heavy (non-hydrogen) atoms. The zero-order valence-electron chi connectivity index (χ0n) is 10.6. The lowest BCUT2D eigenvalue weighted by atomic mass is 9.80. The van der Waals surface area contributed by atoms with Crippen LogP contribution >= 0.6 is 0 Å². The molecule has 0 aliphatic carbocycles. The molecule has 0 unspecified atom stereocenters. The Hall–Kier alpha value is -0.870. The van der Waals surface area contributed by atoms with Gasteiger partial charge in [-0.15, -0.1) is 6.58 Å². The minimum Gasteiger partial charge on any atom is -0.469 e. The first-order valence-corrected chi connectivity index (χ1v) is 5.24. The number of esters is 1. The van der Waals surface area contributed by atoms with Gasteiger partial charge in [-0.05, 0) is 11.8 Å². The van der Waals surface area contributed by atoms with Crippen molar-refractivity contribution in [1.29, 1.82) is 0 Å². The molecule has 0 aromatic heterocycles. The van der Waals surface area contributed by atoms with Gasteiger partial charge >= 0.3 is 5.97 Å². The molecule has 94 valence electrons. The lowest BCUT2D eigenvalue weighted by Gasteiger charge is -2.30. The van der Waals surface area contributed by atoms with Gasteiger partial charge in [-0.1, -0.05) is 13.0 Å². The molecule has 0 aliphatic heterocycles. The van der Waals surface area contributed by atoms with Gasteiger partial charge in [0.1, 0.15) is 0 Å². The number of carbonyl (C=O) groups excluding carboxylic acids is 1. The van der Waals surface area contributed by atoms with Crippen molar-refractivity contribution in [2.24, 2.45) is 5.41 Å². The van der Waals surface area contributed by atoms with Crippen molar-refractivity contribution in [2.45, 2.75) is 32.5 Å². The number of ether oxygens (including phenoxy) is 3. The Bertz CT molecular complexity index is 223. The summed E-state index contributed by atoms with van der Waals surface area (Å²) in [6.07, 6.45) is 3.16. The molecule has 0 saturated carbocycles. The zero-order chi connectivity index (χ0) is 12.6. The minimum absolute atomic E-state index is 0.227. The maximum absolute atomic E-state index is 11.3. The van der Waals surface area contributed by atoms with Gasteiger partial charge < -0.3 is 14.2 Å². The number of rotatable bonds is 8. The monoisotopic (exact) mass is 230 g/mol. The fourth-order valence-electron chi connectivity index (χ4n) is 1.66. The topological polar surface area (TPSA) is 44.8 Å². The summed E-state index contributed by atoms with van der Waals surface area (Å²) in [5.74, 6) is -0.227. The van der Waals surface area contributed by atoms with Crippen molar-refractivity contribution in [3.63, 3.8) is 0 Å². The lowest BCUT2D eigenvalue weighted by molar-refractivity contribution is -0.148. The van der Waals surface area contributed by atoms with Crippen LogP contribution in [-0.4, -0.2) is 33.6 Å². The van der Waals surface area contributed by atoms with Crippen LogP contribution in [0.1, 0.15) is 26.2 Å². The zero-order valence-corrected chi connectivity index (χ0v) is 10.6. The molecular formula is C12H22O4. The van der Waals surface area contributed by atoms with Gasteiger partial charge in [-0.3, -0.25) is 4.79 Å². The van der Waals surface area contributed by atoms with Crippen LogP contribution in [0, 0.1) is 5.41 Å². The van der Waals surface area contributed by atoms with Gasteiger partial charge in [0.15, 0.2) is 6.29 Å². The molecule has 0 radical (unpaired) electrons. The van der Waals surface area contributed by atoms with Crippen LogP contribution in [-0.2, 0) is 19.0 Å². The fourth-order valence-corrected chi connectivity index (χ4v) is 1.66. The first-order valence-electron chi connectivity index (χ1n) is 5.24. The van der Waals surface area contributed by atoms with Crippen molar-refractivity contribution in [3.05, 3.63) is 12.7 Å². The van der Waals surface area contributed by atoms with Crippen molar-refractivity contribution in [1.82, 2.24) is 0 Å². The third-order valence-electron chi connectivity index (χ3n) is 2.62. The number of carbonyl (C=O) groups is 1. The van der Waals surface area contributed by atoms with Crippen molar-refractivity contribution < 1.29 is 19.0 Å². The van der Waals surface area contributed by atoms with E-state index < -0.39 is 0 Å². The van der Waals surface area contributed by atoms with Gasteiger partial charge in [-0.2, -0.15) is 0 Å². The molecule has 0 fully saturated rings. The van der Waals surface area contributed by atoms with E-state index in [2.05, 4.69) is 11.3 Å². The molecule has 0 aromatic rings. The highest BCUT2D eigenvalue weighted by atomic mass is 16.7. The fraction of sp³-hybridized carbons (Fsp3) is 0.750. The molecule has 1 atom stereocenters. The van der Waals surface area contributed by atoms with Crippen LogP contribution in [0.25, 0.3) is 0 Å². The third kappa shape index (κ3) is 5.28. The Morgan fingerprint density at radius 3 is 2.31 bits per heavy atom. The number of allylic oxidation sites excluding steroid dienone is 1. The SMILES string of the molecule is C=CC[C@@](C)(CC(=O)OC)CC(OC)OC. The van der Waals surface area contributed by atoms with Crippen LogP contribution in [0.15, 0.2) is 12.7 Å².